The van der Waals surface area contributed by atoms with Gasteiger partial charge < -0.3 is 5.21 Å². The van der Waals surface area contributed by atoms with E-state index in [0.717, 1.165) is 19.3 Å². The number of nitrogens with one attached hydrogen (secondary N) is 2. The summed E-state index contributed by atoms with van der Waals surface area (Å²) in [6.07, 6.45) is 15.3. The molecule has 0 heterocycles. The quantitative estimate of drug-likeness (QED) is 0.359. The number of carbonyl (C=O) groups is 1. The molecule has 0 aliphatic rings. The Balaban J connectivity index is 3.19. The molecule has 0 radical (unpaired) electrons. The van der Waals surface area contributed by atoms with Gasteiger partial charge >= 0.3 is 0 Å². The summed E-state index contributed by atoms with van der Waals surface area (Å²) in [6, 6.07) is 0. The number of hydroxylamine groups is 1. The third kappa shape index (κ3) is 15.6. The van der Waals surface area contributed by atoms with Crippen molar-refractivity contribution in [3.63, 3.8) is 0 Å². The van der Waals surface area contributed by atoms with E-state index in [0.29, 0.717) is 13.0 Å². The Morgan fingerprint density at radius 1 is 0.810 bits per heavy atom. The van der Waals surface area contributed by atoms with Crippen molar-refractivity contribution in [3.05, 3.63) is 5.21 Å². The number of quaternary nitrogens is 1. The smallest absolute Gasteiger partial charge is 0.265 e. The summed E-state index contributed by atoms with van der Waals surface area (Å²) in [5.74, 6) is -0.107. The molecule has 126 valence electrons. The van der Waals surface area contributed by atoms with E-state index < -0.39 is 0 Å². The lowest BCUT2D eigenvalue weighted by molar-refractivity contribution is -0.886. The minimum atomic E-state index is -0.134. The van der Waals surface area contributed by atoms with Crippen molar-refractivity contribution in [1.29, 1.82) is 0 Å². The minimum Gasteiger partial charge on any atom is -0.608 e. The monoisotopic (exact) mass is 300 g/mol. The molecule has 21 heavy (non-hydrogen) atoms. The van der Waals surface area contributed by atoms with Gasteiger partial charge in [-0.2, -0.15) is 0 Å². The average molecular weight is 300 g/mol. The van der Waals surface area contributed by atoms with E-state index >= 15 is 0 Å². The highest BCUT2D eigenvalue weighted by Crippen LogP contribution is 2.11. The molecule has 0 saturated carbocycles. The zero-order valence-corrected chi connectivity index (χ0v) is 14.2. The maximum Gasteiger partial charge on any atom is 0.265 e. The lowest BCUT2D eigenvalue weighted by atomic mass is 10.1. The molecule has 0 aliphatic heterocycles. The van der Waals surface area contributed by atoms with E-state index in [4.69, 9.17) is 0 Å². The largest absolute Gasteiger partial charge is 0.608 e. The highest BCUT2D eigenvalue weighted by atomic mass is 16.5. The second-order valence-corrected chi connectivity index (χ2v) is 6.01. The van der Waals surface area contributed by atoms with Crippen LogP contribution in [0.4, 0.5) is 0 Å². The van der Waals surface area contributed by atoms with Gasteiger partial charge in [-0.05, 0) is 12.8 Å². The van der Waals surface area contributed by atoms with Gasteiger partial charge in [0.05, 0.1) is 6.54 Å². The van der Waals surface area contributed by atoms with Crippen molar-refractivity contribution in [3.8, 4) is 0 Å². The Bertz CT molecular complexity index is 235. The van der Waals surface area contributed by atoms with Crippen LogP contribution < -0.4 is 10.6 Å². The molecule has 0 aromatic rings. The molecular formula is C17H36N2O2. The Kier molecular flexibility index (Phi) is 15.3. The van der Waals surface area contributed by atoms with Crippen molar-refractivity contribution in [1.82, 2.24) is 5.43 Å². The maximum absolute atomic E-state index is 11.5. The second kappa shape index (κ2) is 15.8. The van der Waals surface area contributed by atoms with Gasteiger partial charge in [-0.15, -0.1) is 0 Å². The van der Waals surface area contributed by atoms with Gasteiger partial charge in [0, 0.05) is 6.42 Å². The second-order valence-electron chi connectivity index (χ2n) is 6.01. The van der Waals surface area contributed by atoms with Gasteiger partial charge in [0.1, 0.15) is 0 Å². The van der Waals surface area contributed by atoms with Crippen molar-refractivity contribution in [2.75, 3.05) is 6.54 Å². The van der Waals surface area contributed by atoms with Gasteiger partial charge in [-0.1, -0.05) is 78.1 Å². The van der Waals surface area contributed by atoms with Crippen molar-refractivity contribution in [2.45, 2.75) is 97.3 Å². The Morgan fingerprint density at radius 2 is 1.29 bits per heavy atom. The van der Waals surface area contributed by atoms with Crippen LogP contribution in [0.25, 0.3) is 0 Å². The van der Waals surface area contributed by atoms with Gasteiger partial charge in [0.2, 0.25) is 0 Å². The molecule has 4 heteroatoms. The molecule has 0 bridgehead atoms. The molecule has 0 aliphatic carbocycles. The first-order chi connectivity index (χ1) is 10.2. The summed E-state index contributed by atoms with van der Waals surface area (Å²) in [5.41, 5.74) is 2.44. The van der Waals surface area contributed by atoms with Crippen molar-refractivity contribution >= 4 is 5.91 Å². The Labute approximate surface area is 131 Å². The van der Waals surface area contributed by atoms with Crippen LogP contribution in [0.5, 0.6) is 0 Å². The number of hydrogen-bond acceptors (Lipinski definition) is 2. The number of carbonyl (C=O) groups excluding carboxylic acids is 1. The number of unbranched alkanes of at least 4 members (excludes halogenated alkanes) is 10. The zero-order valence-electron chi connectivity index (χ0n) is 14.2. The molecule has 4 nitrogen and oxygen atoms in total. The summed E-state index contributed by atoms with van der Waals surface area (Å²) in [4.78, 5) is 11.5. The number of amides is 1. The van der Waals surface area contributed by atoms with Gasteiger partial charge in [-0.25, -0.2) is 5.43 Å². The summed E-state index contributed by atoms with van der Waals surface area (Å²) in [7, 11) is 0. The molecule has 0 aromatic heterocycles. The third-order valence-corrected chi connectivity index (χ3v) is 3.76. The molecule has 0 rings (SSSR count). The standard InChI is InChI=1S/C17H36N2O2/c1-3-5-6-7-8-9-10-11-12-13-14-15-17(20)18-19(21)16-4-2/h19H,3-16H2,1-2H3,(H,18,20). The van der Waals surface area contributed by atoms with Gasteiger partial charge in [0.15, 0.2) is 0 Å². The van der Waals surface area contributed by atoms with E-state index in [-0.39, 0.29) is 11.1 Å². The molecule has 2 N–H and O–H groups in total. The SMILES string of the molecule is CCCCCCCCCCCCCC(=O)N[NH+]([O-])CCC. The molecular weight excluding hydrogens is 264 g/mol. The van der Waals surface area contributed by atoms with Crippen LogP contribution in [-0.4, -0.2) is 12.5 Å². The van der Waals surface area contributed by atoms with Crippen LogP contribution in [0.1, 0.15) is 97.3 Å². The molecule has 0 aromatic carbocycles. The van der Waals surface area contributed by atoms with Crippen LogP contribution >= 0.6 is 0 Å². The maximum atomic E-state index is 11.5. The predicted octanol–water partition coefficient (Wildman–Crippen LogP) is 3.51. The Morgan fingerprint density at radius 3 is 1.76 bits per heavy atom. The van der Waals surface area contributed by atoms with E-state index in [1.807, 2.05) is 6.92 Å². The summed E-state index contributed by atoms with van der Waals surface area (Å²) >= 11 is 0. The van der Waals surface area contributed by atoms with Crippen LogP contribution in [0.15, 0.2) is 0 Å². The fourth-order valence-electron chi connectivity index (χ4n) is 2.46. The topological polar surface area (TPSA) is 56.6 Å². The fourth-order valence-corrected chi connectivity index (χ4v) is 2.46. The van der Waals surface area contributed by atoms with E-state index in [1.54, 1.807) is 0 Å². The van der Waals surface area contributed by atoms with Crippen LogP contribution in [0, 0.1) is 5.21 Å². The molecule has 1 atom stereocenters. The Hall–Kier alpha value is -0.610. The highest BCUT2D eigenvalue weighted by Gasteiger charge is 2.04. The molecule has 0 spiro atoms. The predicted molar refractivity (Wildman–Crippen MR) is 88.7 cm³/mol. The molecule has 0 saturated heterocycles. The molecule has 1 amide bonds. The number of rotatable bonds is 15. The summed E-state index contributed by atoms with van der Waals surface area (Å²) in [6.45, 7) is 4.64. The van der Waals surface area contributed by atoms with E-state index in [2.05, 4.69) is 12.3 Å². The van der Waals surface area contributed by atoms with E-state index in [9.17, 15) is 10.0 Å². The third-order valence-electron chi connectivity index (χ3n) is 3.76. The van der Waals surface area contributed by atoms with Crippen LogP contribution in [-0.2, 0) is 4.79 Å². The molecule has 1 unspecified atom stereocenters. The van der Waals surface area contributed by atoms with Crippen molar-refractivity contribution in [2.24, 2.45) is 0 Å². The first kappa shape index (κ1) is 20.4. The fraction of sp³-hybridized carbons (Fsp3) is 0.941. The first-order valence-electron chi connectivity index (χ1n) is 9.03. The first-order valence-corrected chi connectivity index (χ1v) is 9.03. The average Bonchev–Trinajstić information content (AvgIpc) is 2.45. The van der Waals surface area contributed by atoms with Gasteiger partial charge in [-0.3, -0.25) is 9.97 Å². The highest BCUT2D eigenvalue weighted by molar-refractivity contribution is 5.74. The van der Waals surface area contributed by atoms with Crippen molar-refractivity contribution < 1.29 is 9.97 Å². The normalized spacial score (nSPS) is 12.3. The lowest BCUT2D eigenvalue weighted by Crippen LogP contribution is -3.14. The zero-order chi connectivity index (χ0) is 15.8. The molecule has 0 fully saturated rings. The van der Waals surface area contributed by atoms with Gasteiger partial charge in [0.25, 0.3) is 5.91 Å². The number of hydrogen-bond donors (Lipinski definition) is 2. The van der Waals surface area contributed by atoms with Crippen LogP contribution in [0.3, 0.4) is 0 Å². The summed E-state index contributed by atoms with van der Waals surface area (Å²) in [5, 5.41) is 11.1. The lowest BCUT2D eigenvalue weighted by Gasteiger charge is -2.20. The minimum absolute atomic E-state index is 0.107. The van der Waals surface area contributed by atoms with E-state index in [1.165, 1.54) is 57.8 Å². The van der Waals surface area contributed by atoms with Crippen LogP contribution in [0.2, 0.25) is 0 Å². The summed E-state index contributed by atoms with van der Waals surface area (Å²) < 4.78 is 0.